The number of fused-ring (bicyclic) bond motifs is 1. The predicted molar refractivity (Wildman–Crippen MR) is 125 cm³/mol. The summed E-state index contributed by atoms with van der Waals surface area (Å²) < 4.78 is 11.8. The first-order valence-electron chi connectivity index (χ1n) is 12.1. The van der Waals surface area contributed by atoms with Crippen molar-refractivity contribution in [2.75, 3.05) is 39.3 Å². The van der Waals surface area contributed by atoms with E-state index in [-0.39, 0.29) is 5.92 Å². The van der Waals surface area contributed by atoms with Gasteiger partial charge >= 0.3 is 0 Å². The molecule has 1 saturated heterocycles. The summed E-state index contributed by atoms with van der Waals surface area (Å²) >= 11 is 0. The van der Waals surface area contributed by atoms with Crippen molar-refractivity contribution in [2.24, 2.45) is 5.92 Å². The molecule has 2 aliphatic heterocycles. The van der Waals surface area contributed by atoms with E-state index >= 15 is 0 Å². The minimum Gasteiger partial charge on any atom is -0.492 e. The summed E-state index contributed by atoms with van der Waals surface area (Å²) in [5.41, 5.74) is 2.52. The average Bonchev–Trinajstić information content (AvgIpc) is 3.09. The summed E-state index contributed by atoms with van der Waals surface area (Å²) in [7, 11) is 0. The van der Waals surface area contributed by atoms with Crippen LogP contribution < -0.4 is 4.74 Å². The minimum absolute atomic E-state index is 0.125. The van der Waals surface area contributed by atoms with Gasteiger partial charge in [0.15, 0.2) is 0 Å². The molecule has 0 aliphatic carbocycles. The molecule has 1 fully saturated rings. The molecule has 1 aromatic heterocycles. The molecule has 1 amide bonds. The Labute approximate surface area is 192 Å². The van der Waals surface area contributed by atoms with Gasteiger partial charge in [0.25, 0.3) is 0 Å². The van der Waals surface area contributed by atoms with Crippen molar-refractivity contribution in [3.05, 3.63) is 53.0 Å². The van der Waals surface area contributed by atoms with Gasteiger partial charge in [-0.05, 0) is 70.0 Å². The number of furan rings is 1. The number of piperidine rings is 1. The number of ether oxygens (including phenoxy) is 1. The highest BCUT2D eigenvalue weighted by Gasteiger charge is 2.28. The summed E-state index contributed by atoms with van der Waals surface area (Å²) in [6.45, 7) is 13.7. The van der Waals surface area contributed by atoms with E-state index in [1.54, 1.807) is 0 Å². The molecule has 0 saturated carbocycles. The van der Waals surface area contributed by atoms with E-state index in [0.29, 0.717) is 12.5 Å². The summed E-state index contributed by atoms with van der Waals surface area (Å²) in [4.78, 5) is 19.6. The largest absolute Gasteiger partial charge is 0.492 e. The fourth-order valence-corrected chi connectivity index (χ4v) is 4.98. The Balaban J connectivity index is 1.40. The van der Waals surface area contributed by atoms with E-state index in [4.69, 9.17) is 9.15 Å². The second-order valence-electron chi connectivity index (χ2n) is 9.10. The predicted octanol–water partition coefficient (Wildman–Crippen LogP) is 4.06. The highest BCUT2D eigenvalue weighted by molar-refractivity contribution is 5.79. The number of rotatable bonds is 7. The minimum atomic E-state index is 0.125. The van der Waals surface area contributed by atoms with Crippen LogP contribution in [-0.2, 0) is 24.4 Å². The van der Waals surface area contributed by atoms with Gasteiger partial charge in [0.05, 0.1) is 12.5 Å². The van der Waals surface area contributed by atoms with Crippen molar-refractivity contribution >= 4 is 5.91 Å². The molecule has 1 aromatic carbocycles. The number of carbonyl (C=O) groups excluding carboxylic acids is 1. The molecular weight excluding hydrogens is 402 g/mol. The normalized spacial score (nSPS) is 19.8. The molecule has 6 nitrogen and oxygen atoms in total. The van der Waals surface area contributed by atoms with Crippen molar-refractivity contribution in [1.29, 1.82) is 0 Å². The Morgan fingerprint density at radius 1 is 1.09 bits per heavy atom. The zero-order valence-corrected chi connectivity index (χ0v) is 19.8. The van der Waals surface area contributed by atoms with Crippen LogP contribution in [0.15, 0.2) is 34.7 Å². The number of nitrogens with zero attached hydrogens (tertiary/aromatic N) is 3. The lowest BCUT2D eigenvalue weighted by molar-refractivity contribution is -0.137. The van der Waals surface area contributed by atoms with Crippen LogP contribution in [0, 0.1) is 12.8 Å². The van der Waals surface area contributed by atoms with Crippen LogP contribution in [0.1, 0.15) is 49.3 Å². The zero-order chi connectivity index (χ0) is 22.5. The van der Waals surface area contributed by atoms with Crippen molar-refractivity contribution in [1.82, 2.24) is 14.7 Å². The third kappa shape index (κ3) is 5.54. The second-order valence-corrected chi connectivity index (χ2v) is 9.10. The molecule has 32 heavy (non-hydrogen) atoms. The van der Waals surface area contributed by atoms with Gasteiger partial charge < -0.3 is 14.1 Å². The molecule has 0 radical (unpaired) electrons. The Morgan fingerprint density at radius 2 is 1.94 bits per heavy atom. The van der Waals surface area contributed by atoms with Gasteiger partial charge in [-0.1, -0.05) is 6.07 Å². The van der Waals surface area contributed by atoms with Gasteiger partial charge in [0.2, 0.25) is 5.91 Å². The number of hydrogen-bond acceptors (Lipinski definition) is 5. The van der Waals surface area contributed by atoms with E-state index in [1.165, 1.54) is 11.1 Å². The average molecular weight is 440 g/mol. The fourth-order valence-electron chi connectivity index (χ4n) is 4.98. The van der Waals surface area contributed by atoms with Crippen molar-refractivity contribution in [2.45, 2.75) is 53.2 Å². The monoisotopic (exact) mass is 439 g/mol. The molecule has 1 atom stereocenters. The first-order chi connectivity index (χ1) is 15.6. The molecule has 2 aliphatic rings. The third-order valence-corrected chi connectivity index (χ3v) is 6.70. The lowest BCUT2D eigenvalue weighted by atomic mass is 9.95. The van der Waals surface area contributed by atoms with Crippen LogP contribution in [0.3, 0.4) is 0 Å². The quantitative estimate of drug-likeness (QED) is 0.651. The Kier molecular flexibility index (Phi) is 7.53. The topological polar surface area (TPSA) is 49.2 Å². The molecular formula is C26H37N3O3. The highest BCUT2D eigenvalue weighted by Crippen LogP contribution is 2.27. The fraction of sp³-hybridized carbons (Fsp3) is 0.577. The molecule has 3 heterocycles. The zero-order valence-electron chi connectivity index (χ0n) is 19.8. The van der Waals surface area contributed by atoms with Gasteiger partial charge in [-0.2, -0.15) is 0 Å². The summed E-state index contributed by atoms with van der Waals surface area (Å²) in [5.74, 6) is 3.38. The van der Waals surface area contributed by atoms with Crippen LogP contribution >= 0.6 is 0 Å². The Hall–Kier alpha value is -2.31. The number of aryl methyl sites for hydroxylation is 1. The smallest absolute Gasteiger partial charge is 0.226 e. The highest BCUT2D eigenvalue weighted by atomic mass is 16.5. The van der Waals surface area contributed by atoms with Crippen LogP contribution in [0.5, 0.6) is 5.75 Å². The Bertz CT molecular complexity index is 905. The van der Waals surface area contributed by atoms with Gasteiger partial charge in [-0.3, -0.25) is 14.6 Å². The van der Waals surface area contributed by atoms with E-state index in [0.717, 1.165) is 82.5 Å². The molecule has 2 aromatic rings. The number of amides is 1. The SMILES string of the molecule is CCN(CC)C(=O)C1CCCN(Cc2ccc3c(c2)CN(Cc2ccc(C)o2)CCO3)C1. The first-order valence-corrected chi connectivity index (χ1v) is 12.1. The second kappa shape index (κ2) is 10.5. The lowest BCUT2D eigenvalue weighted by Gasteiger charge is -2.34. The summed E-state index contributed by atoms with van der Waals surface area (Å²) in [5, 5.41) is 0. The number of carbonyl (C=O) groups is 1. The van der Waals surface area contributed by atoms with Crippen LogP contribution in [0.2, 0.25) is 0 Å². The van der Waals surface area contributed by atoms with E-state index in [9.17, 15) is 4.79 Å². The molecule has 6 heteroatoms. The Morgan fingerprint density at radius 3 is 2.69 bits per heavy atom. The maximum atomic E-state index is 12.8. The van der Waals surface area contributed by atoms with Gasteiger partial charge in [-0.25, -0.2) is 0 Å². The van der Waals surface area contributed by atoms with E-state index in [2.05, 4.69) is 47.9 Å². The number of hydrogen-bond donors (Lipinski definition) is 0. The van der Waals surface area contributed by atoms with Crippen molar-refractivity contribution in [3.8, 4) is 5.75 Å². The molecule has 0 bridgehead atoms. The molecule has 4 rings (SSSR count). The molecule has 0 N–H and O–H groups in total. The van der Waals surface area contributed by atoms with Crippen molar-refractivity contribution < 1.29 is 13.9 Å². The van der Waals surface area contributed by atoms with E-state index in [1.807, 2.05) is 17.9 Å². The standard InChI is InChI=1S/C26H37N3O3/c1-4-29(5-2)26(30)22-7-6-12-27(17-22)16-21-9-11-25-23(15-21)18-28(13-14-31-25)19-24-10-8-20(3)32-24/h8-11,15,22H,4-7,12-14,16-19H2,1-3H3. The van der Waals surface area contributed by atoms with E-state index < -0.39 is 0 Å². The third-order valence-electron chi connectivity index (χ3n) is 6.70. The number of likely N-dealkylation sites (tertiary alicyclic amines) is 1. The van der Waals surface area contributed by atoms with Gasteiger partial charge in [-0.15, -0.1) is 0 Å². The lowest BCUT2D eigenvalue weighted by Crippen LogP contribution is -2.44. The first kappa shape index (κ1) is 22.9. The van der Waals surface area contributed by atoms with Crippen LogP contribution in [0.25, 0.3) is 0 Å². The maximum Gasteiger partial charge on any atom is 0.226 e. The molecule has 0 spiro atoms. The maximum absolute atomic E-state index is 12.8. The molecule has 1 unspecified atom stereocenters. The summed E-state index contributed by atoms with van der Waals surface area (Å²) in [6, 6.07) is 10.7. The van der Waals surface area contributed by atoms with Crippen molar-refractivity contribution in [3.63, 3.8) is 0 Å². The van der Waals surface area contributed by atoms with Gasteiger partial charge in [0, 0.05) is 44.8 Å². The van der Waals surface area contributed by atoms with Gasteiger partial charge in [0.1, 0.15) is 23.9 Å². The summed E-state index contributed by atoms with van der Waals surface area (Å²) in [6.07, 6.45) is 2.09. The molecule has 174 valence electrons. The van der Waals surface area contributed by atoms with Crippen LogP contribution in [0.4, 0.5) is 0 Å². The number of benzene rings is 1. The van der Waals surface area contributed by atoms with Crippen LogP contribution in [-0.4, -0.2) is 59.9 Å².